The molecule has 8 atom stereocenters. The van der Waals surface area contributed by atoms with Crippen molar-refractivity contribution in [1.29, 1.82) is 0 Å². The summed E-state index contributed by atoms with van der Waals surface area (Å²) in [6.45, 7) is 13.1. The van der Waals surface area contributed by atoms with Crippen LogP contribution in [0.25, 0.3) is 5.57 Å². The summed E-state index contributed by atoms with van der Waals surface area (Å²) < 4.78 is 0. The van der Waals surface area contributed by atoms with Crippen LogP contribution in [0.5, 0.6) is 0 Å². The van der Waals surface area contributed by atoms with Gasteiger partial charge in [-0.3, -0.25) is 0 Å². The summed E-state index contributed by atoms with van der Waals surface area (Å²) in [6.07, 6.45) is 20.3. The Kier molecular flexibility index (Phi) is 5.99. The normalized spacial score (nSPS) is 38.3. The molecule has 2 saturated carbocycles. The van der Waals surface area contributed by atoms with Gasteiger partial charge in [-0.05, 0) is 77.0 Å². The fourth-order valence-electron chi connectivity index (χ4n) is 8.93. The topological polar surface area (TPSA) is 0 Å². The number of benzene rings is 1. The van der Waals surface area contributed by atoms with E-state index in [1.54, 1.807) is 11.1 Å². The zero-order valence-corrected chi connectivity index (χ0v) is 21.8. The molecule has 0 amide bonds. The Morgan fingerprint density at radius 1 is 0.812 bits per heavy atom. The van der Waals surface area contributed by atoms with Crippen LogP contribution in [0.15, 0.2) is 72.4 Å². The molecular weight excluding hydrogens is 400 g/mol. The summed E-state index contributed by atoms with van der Waals surface area (Å²) in [5.41, 5.74) is 6.59. The van der Waals surface area contributed by atoms with E-state index in [2.05, 4.69) is 101 Å². The van der Waals surface area contributed by atoms with E-state index in [9.17, 15) is 0 Å². The molecule has 0 radical (unpaired) electrons. The Labute approximate surface area is 197 Å². The van der Waals surface area contributed by atoms with Gasteiger partial charge in [0.2, 0.25) is 0 Å². The summed E-state index contributed by atoms with van der Waals surface area (Å²) in [5, 5.41) is 0. The predicted octanol–water partition coefficient (Wildman–Crippen LogP) is 8.93. The second kappa shape index (κ2) is 8.63. The van der Waals surface area contributed by atoms with Gasteiger partial charge in [0.25, 0.3) is 0 Å². The highest BCUT2D eigenvalue weighted by atomic mass is 28.3. The zero-order chi connectivity index (χ0) is 22.5. The first kappa shape index (κ1) is 22.2. The molecule has 0 N–H and O–H groups in total. The van der Waals surface area contributed by atoms with Crippen molar-refractivity contribution in [3.63, 3.8) is 0 Å². The SMILES string of the molecule is CCCC1=CC=CC2C1C[C@@H](C)C2[Si](C)(C)C1C2C=CC=C(c3ccccc3)C2C[C@H]1C. The molecule has 1 aromatic rings. The third-order valence-electron chi connectivity index (χ3n) is 9.73. The predicted molar refractivity (Wildman–Crippen MR) is 142 cm³/mol. The van der Waals surface area contributed by atoms with Gasteiger partial charge in [-0.25, -0.2) is 0 Å². The lowest BCUT2D eigenvalue weighted by Crippen LogP contribution is -2.45. The maximum atomic E-state index is 2.78. The van der Waals surface area contributed by atoms with Crippen molar-refractivity contribution in [3.8, 4) is 0 Å². The number of hydrogen-bond acceptors (Lipinski definition) is 0. The minimum absolute atomic E-state index is 0.708. The molecule has 0 bridgehead atoms. The number of hydrogen-bond donors (Lipinski definition) is 0. The van der Waals surface area contributed by atoms with E-state index in [0.29, 0.717) is 5.92 Å². The average Bonchev–Trinajstić information content (AvgIpc) is 3.31. The summed E-state index contributed by atoms with van der Waals surface area (Å²) in [5.74, 6) is 4.74. The Morgan fingerprint density at radius 2 is 1.41 bits per heavy atom. The van der Waals surface area contributed by atoms with Gasteiger partial charge < -0.3 is 0 Å². The van der Waals surface area contributed by atoms with E-state index in [0.717, 1.165) is 40.7 Å². The van der Waals surface area contributed by atoms with Crippen LogP contribution >= 0.6 is 0 Å². The fraction of sp³-hybridized carbons (Fsp3) is 0.548. The molecule has 4 aliphatic carbocycles. The highest BCUT2D eigenvalue weighted by molar-refractivity contribution is 6.80. The first-order valence-electron chi connectivity index (χ1n) is 13.2. The molecule has 170 valence electrons. The zero-order valence-electron chi connectivity index (χ0n) is 20.8. The van der Waals surface area contributed by atoms with Gasteiger partial charge in [0.05, 0.1) is 8.07 Å². The monoisotopic (exact) mass is 442 g/mol. The van der Waals surface area contributed by atoms with Crippen molar-refractivity contribution in [1.82, 2.24) is 0 Å². The largest absolute Gasteiger partial charge is 0.0808 e. The maximum Gasteiger partial charge on any atom is 0.0553 e. The Morgan fingerprint density at radius 3 is 2.06 bits per heavy atom. The number of fused-ring (bicyclic) bond motifs is 2. The molecule has 5 rings (SSSR count). The standard InChI is InChI=1S/C31H42Si/c1-6-12-23-15-10-17-26-28(23)19-21(2)30(26)32(4,5)31-22(3)20-29-25(16-11-18-27(29)31)24-13-8-7-9-14-24/h7-11,13-18,21-22,26-31H,6,12,19-20H2,1-5H3/t21-,22-,26?,27?,28?,29?,30?,31?/m1/s1. The summed E-state index contributed by atoms with van der Waals surface area (Å²) in [4.78, 5) is 0. The lowest BCUT2D eigenvalue weighted by atomic mass is 9.81. The molecule has 0 aromatic heterocycles. The molecule has 0 aliphatic heterocycles. The van der Waals surface area contributed by atoms with Gasteiger partial charge in [-0.1, -0.05) is 113 Å². The van der Waals surface area contributed by atoms with Gasteiger partial charge in [0, 0.05) is 0 Å². The van der Waals surface area contributed by atoms with Gasteiger partial charge in [-0.2, -0.15) is 0 Å². The smallest absolute Gasteiger partial charge is 0.0553 e. The third kappa shape index (κ3) is 3.56. The van der Waals surface area contributed by atoms with Crippen LogP contribution in [0, 0.1) is 35.5 Å². The van der Waals surface area contributed by atoms with Crippen molar-refractivity contribution < 1.29 is 0 Å². The lowest BCUT2D eigenvalue weighted by Gasteiger charge is -2.46. The second-order valence-electron chi connectivity index (χ2n) is 11.9. The van der Waals surface area contributed by atoms with Crippen molar-refractivity contribution in [2.24, 2.45) is 35.5 Å². The number of allylic oxidation sites excluding steroid dienone is 8. The van der Waals surface area contributed by atoms with Crippen LogP contribution in [-0.4, -0.2) is 8.07 Å². The second-order valence-corrected chi connectivity index (χ2v) is 16.9. The van der Waals surface area contributed by atoms with Crippen molar-refractivity contribution >= 4 is 13.6 Å². The molecule has 32 heavy (non-hydrogen) atoms. The van der Waals surface area contributed by atoms with E-state index in [1.807, 2.05) is 0 Å². The summed E-state index contributed by atoms with van der Waals surface area (Å²) >= 11 is 0. The molecule has 0 spiro atoms. The molecule has 0 heterocycles. The average molecular weight is 443 g/mol. The Hall–Kier alpha value is -1.60. The maximum absolute atomic E-state index is 2.78. The van der Waals surface area contributed by atoms with Crippen LogP contribution < -0.4 is 0 Å². The van der Waals surface area contributed by atoms with Crippen molar-refractivity contribution in [2.45, 2.75) is 70.6 Å². The summed E-state index contributed by atoms with van der Waals surface area (Å²) in [7, 11) is -1.52. The van der Waals surface area contributed by atoms with Gasteiger partial charge in [-0.15, -0.1) is 0 Å². The van der Waals surface area contributed by atoms with Crippen LogP contribution in [-0.2, 0) is 0 Å². The van der Waals surface area contributed by atoms with Crippen molar-refractivity contribution in [2.75, 3.05) is 0 Å². The quantitative estimate of drug-likeness (QED) is 0.399. The molecule has 2 fully saturated rings. The molecule has 0 nitrogen and oxygen atoms in total. The van der Waals surface area contributed by atoms with E-state index < -0.39 is 8.07 Å². The first-order valence-corrected chi connectivity index (χ1v) is 16.4. The highest BCUT2D eigenvalue weighted by Crippen LogP contribution is 2.64. The Balaban J connectivity index is 1.45. The molecule has 6 unspecified atom stereocenters. The minimum Gasteiger partial charge on any atom is -0.0808 e. The third-order valence-corrected chi connectivity index (χ3v) is 15.1. The van der Waals surface area contributed by atoms with Crippen LogP contribution in [0.1, 0.15) is 52.0 Å². The van der Waals surface area contributed by atoms with Crippen molar-refractivity contribution in [3.05, 3.63) is 77.9 Å². The van der Waals surface area contributed by atoms with E-state index in [1.165, 1.54) is 31.2 Å². The van der Waals surface area contributed by atoms with E-state index in [4.69, 9.17) is 0 Å². The van der Waals surface area contributed by atoms with E-state index in [-0.39, 0.29) is 0 Å². The molecule has 4 aliphatic rings. The van der Waals surface area contributed by atoms with Gasteiger partial charge >= 0.3 is 0 Å². The lowest BCUT2D eigenvalue weighted by molar-refractivity contribution is 0.479. The first-order chi connectivity index (χ1) is 15.4. The van der Waals surface area contributed by atoms with Crippen LogP contribution in [0.2, 0.25) is 24.2 Å². The van der Waals surface area contributed by atoms with Gasteiger partial charge in [0.15, 0.2) is 0 Å². The molecule has 1 aromatic carbocycles. The summed E-state index contributed by atoms with van der Waals surface area (Å²) in [6, 6.07) is 11.2. The van der Waals surface area contributed by atoms with E-state index >= 15 is 0 Å². The van der Waals surface area contributed by atoms with Crippen LogP contribution in [0.3, 0.4) is 0 Å². The molecule has 1 heteroatoms. The molecular formula is C31H42Si. The Bertz CT molecular complexity index is 946. The van der Waals surface area contributed by atoms with Crippen LogP contribution in [0.4, 0.5) is 0 Å². The highest BCUT2D eigenvalue weighted by Gasteiger charge is 2.57. The number of rotatable bonds is 5. The van der Waals surface area contributed by atoms with Gasteiger partial charge in [0.1, 0.15) is 0 Å². The minimum atomic E-state index is -1.52. The molecule has 0 saturated heterocycles. The fourth-order valence-corrected chi connectivity index (χ4v) is 15.3.